The molecule has 0 aromatic carbocycles. The second kappa shape index (κ2) is 4.33. The molecule has 2 aromatic rings. The summed E-state index contributed by atoms with van der Waals surface area (Å²) < 4.78 is 40.4. The predicted molar refractivity (Wildman–Crippen MR) is 56.5 cm³/mol. The SMILES string of the molecule is Cn1cc(C(F)(F)F)nc1-c1ccc(CO)[se]1. The summed E-state index contributed by atoms with van der Waals surface area (Å²) in [4.78, 5) is 3.60. The summed E-state index contributed by atoms with van der Waals surface area (Å²) in [6.45, 7) is -0.0590. The van der Waals surface area contributed by atoms with Crippen LogP contribution in [0.25, 0.3) is 10.3 Å². The van der Waals surface area contributed by atoms with Crippen LogP contribution in [0.2, 0.25) is 0 Å². The van der Waals surface area contributed by atoms with Crippen LogP contribution in [0, 0.1) is 0 Å². The number of rotatable bonds is 2. The van der Waals surface area contributed by atoms with Crippen LogP contribution < -0.4 is 0 Å². The number of aliphatic hydroxyl groups is 1. The molecule has 1 N–H and O–H groups in total. The van der Waals surface area contributed by atoms with Gasteiger partial charge in [-0.15, -0.1) is 0 Å². The van der Waals surface area contributed by atoms with Crippen LogP contribution >= 0.6 is 0 Å². The molecule has 0 aliphatic heterocycles. The van der Waals surface area contributed by atoms with Crippen LogP contribution in [-0.2, 0) is 19.8 Å². The van der Waals surface area contributed by atoms with Gasteiger partial charge in [0.15, 0.2) is 0 Å². The number of imidazole rings is 1. The summed E-state index contributed by atoms with van der Waals surface area (Å²) in [6.07, 6.45) is -3.45. The van der Waals surface area contributed by atoms with Crippen molar-refractivity contribution >= 4 is 14.5 Å². The van der Waals surface area contributed by atoms with Gasteiger partial charge in [-0.25, -0.2) is 0 Å². The standard InChI is InChI=1S/C10H9F3N2OSe/c1-15-4-8(10(11,12)13)14-9(15)7-3-2-6(5-16)17-7/h2-4,16H,5H2,1H3. The Bertz CT molecular complexity index is 530. The van der Waals surface area contributed by atoms with E-state index in [2.05, 4.69) is 4.98 Å². The third-order valence-corrected chi connectivity index (χ3v) is 4.44. The van der Waals surface area contributed by atoms with Gasteiger partial charge in [-0.1, -0.05) is 0 Å². The molecule has 0 aliphatic rings. The number of alkyl halides is 3. The monoisotopic (exact) mass is 310 g/mol. The fourth-order valence-electron chi connectivity index (χ4n) is 1.41. The van der Waals surface area contributed by atoms with E-state index in [-0.39, 0.29) is 21.1 Å². The topological polar surface area (TPSA) is 38.0 Å². The van der Waals surface area contributed by atoms with Gasteiger partial charge >= 0.3 is 101 Å². The zero-order valence-corrected chi connectivity index (χ0v) is 10.5. The Morgan fingerprint density at radius 3 is 2.59 bits per heavy atom. The normalized spacial score (nSPS) is 12.1. The first-order chi connectivity index (χ1) is 7.91. The second-order valence-corrected chi connectivity index (χ2v) is 5.93. The summed E-state index contributed by atoms with van der Waals surface area (Å²) in [7, 11) is 1.53. The molecular formula is C10H9F3N2OSe. The molecule has 0 saturated heterocycles. The minimum atomic E-state index is -4.42. The molecule has 0 radical (unpaired) electrons. The Morgan fingerprint density at radius 2 is 2.12 bits per heavy atom. The zero-order chi connectivity index (χ0) is 12.6. The molecule has 2 rings (SSSR count). The zero-order valence-electron chi connectivity index (χ0n) is 8.82. The van der Waals surface area contributed by atoms with E-state index < -0.39 is 11.9 Å². The first kappa shape index (κ1) is 12.4. The molecule has 0 spiro atoms. The number of hydrogen-bond acceptors (Lipinski definition) is 2. The van der Waals surface area contributed by atoms with Crippen molar-refractivity contribution in [2.24, 2.45) is 7.05 Å². The van der Waals surface area contributed by atoms with Crippen LogP contribution in [0.4, 0.5) is 13.2 Å². The van der Waals surface area contributed by atoms with E-state index in [0.29, 0.717) is 5.82 Å². The first-order valence-corrected chi connectivity index (χ1v) is 6.43. The number of aromatic nitrogens is 2. The molecule has 0 bridgehead atoms. The molecule has 0 fully saturated rings. The number of aryl methyl sites for hydroxylation is 1. The van der Waals surface area contributed by atoms with Gasteiger partial charge in [-0.2, -0.15) is 0 Å². The maximum atomic E-state index is 12.5. The third kappa shape index (κ3) is 2.46. The van der Waals surface area contributed by atoms with Crippen molar-refractivity contribution in [3.8, 4) is 10.3 Å². The number of hydrogen-bond donors (Lipinski definition) is 1. The van der Waals surface area contributed by atoms with Crippen molar-refractivity contribution in [1.82, 2.24) is 9.55 Å². The van der Waals surface area contributed by atoms with E-state index in [9.17, 15) is 13.2 Å². The Morgan fingerprint density at radius 1 is 1.41 bits per heavy atom. The van der Waals surface area contributed by atoms with Crippen molar-refractivity contribution in [2.45, 2.75) is 12.8 Å². The van der Waals surface area contributed by atoms with Gasteiger partial charge in [0.2, 0.25) is 0 Å². The quantitative estimate of drug-likeness (QED) is 0.857. The van der Waals surface area contributed by atoms with Gasteiger partial charge in [-0.05, 0) is 0 Å². The number of aliphatic hydroxyl groups excluding tert-OH is 1. The van der Waals surface area contributed by atoms with Crippen LogP contribution in [0.5, 0.6) is 0 Å². The molecule has 0 atom stereocenters. The molecule has 0 aliphatic carbocycles. The molecular weight excluding hydrogens is 300 g/mol. The molecule has 2 heterocycles. The van der Waals surface area contributed by atoms with Crippen molar-refractivity contribution in [1.29, 1.82) is 0 Å². The van der Waals surface area contributed by atoms with Crippen molar-refractivity contribution in [2.75, 3.05) is 0 Å². The van der Waals surface area contributed by atoms with Crippen LogP contribution in [0.15, 0.2) is 18.3 Å². The van der Waals surface area contributed by atoms with Gasteiger partial charge in [0.1, 0.15) is 0 Å². The van der Waals surface area contributed by atoms with Gasteiger partial charge < -0.3 is 0 Å². The maximum absolute atomic E-state index is 12.5. The molecule has 0 amide bonds. The second-order valence-electron chi connectivity index (χ2n) is 3.48. The summed E-state index contributed by atoms with van der Waals surface area (Å²) in [5, 5.41) is 8.94. The molecule has 0 saturated carbocycles. The van der Waals surface area contributed by atoms with E-state index in [4.69, 9.17) is 5.11 Å². The first-order valence-electron chi connectivity index (χ1n) is 4.72. The average Bonchev–Trinajstić information content (AvgIpc) is 2.82. The molecule has 0 unspecified atom stereocenters. The van der Waals surface area contributed by atoms with E-state index in [1.54, 1.807) is 12.1 Å². The van der Waals surface area contributed by atoms with Crippen LogP contribution in [0.3, 0.4) is 0 Å². The number of halogens is 3. The van der Waals surface area contributed by atoms with Gasteiger partial charge in [0, 0.05) is 0 Å². The van der Waals surface area contributed by atoms with Crippen LogP contribution in [-0.4, -0.2) is 29.2 Å². The van der Waals surface area contributed by atoms with Crippen molar-refractivity contribution in [3.05, 3.63) is 28.5 Å². The van der Waals surface area contributed by atoms with Crippen LogP contribution in [0.1, 0.15) is 10.1 Å². The van der Waals surface area contributed by atoms with E-state index in [1.165, 1.54) is 11.6 Å². The summed E-state index contributed by atoms with van der Waals surface area (Å²) in [5.41, 5.74) is -0.885. The molecule has 92 valence electrons. The number of nitrogens with zero attached hydrogens (tertiary/aromatic N) is 2. The third-order valence-electron chi connectivity index (χ3n) is 2.20. The molecule has 3 nitrogen and oxygen atoms in total. The minimum absolute atomic E-state index is 0.0590. The molecule has 17 heavy (non-hydrogen) atoms. The summed E-state index contributed by atoms with van der Waals surface area (Å²) in [5.74, 6) is 0.317. The van der Waals surface area contributed by atoms with Gasteiger partial charge in [-0.3, -0.25) is 0 Å². The Hall–Kier alpha value is -1.04. The summed E-state index contributed by atoms with van der Waals surface area (Å²) >= 11 is -0.142. The predicted octanol–water partition coefficient (Wildman–Crippen LogP) is 1.66. The Kier molecular flexibility index (Phi) is 3.16. The van der Waals surface area contributed by atoms with E-state index in [1.807, 2.05) is 0 Å². The molecule has 7 heteroatoms. The van der Waals surface area contributed by atoms with Gasteiger partial charge in [0.05, 0.1) is 0 Å². The Balaban J connectivity index is 2.42. The summed E-state index contributed by atoms with van der Waals surface area (Å²) in [6, 6.07) is 3.45. The average molecular weight is 309 g/mol. The van der Waals surface area contributed by atoms with E-state index in [0.717, 1.165) is 15.1 Å². The van der Waals surface area contributed by atoms with Gasteiger partial charge in [0.25, 0.3) is 0 Å². The molecule has 2 aromatic heterocycles. The van der Waals surface area contributed by atoms with E-state index >= 15 is 0 Å². The van der Waals surface area contributed by atoms with Crippen molar-refractivity contribution in [3.63, 3.8) is 0 Å². The fourth-order valence-corrected chi connectivity index (χ4v) is 3.30. The van der Waals surface area contributed by atoms with Crippen molar-refractivity contribution < 1.29 is 18.3 Å². The Labute approximate surface area is 101 Å². The fraction of sp³-hybridized carbons (Fsp3) is 0.300.